The second kappa shape index (κ2) is 8.81. The lowest BCUT2D eigenvalue weighted by atomic mass is 9.81. The van der Waals surface area contributed by atoms with E-state index in [0.29, 0.717) is 6.04 Å². The quantitative estimate of drug-likeness (QED) is 0.204. The summed E-state index contributed by atoms with van der Waals surface area (Å²) in [6.45, 7) is 6.76. The fourth-order valence-electron chi connectivity index (χ4n) is 6.64. The number of fused-ring (bicyclic) bond motifs is 6. The van der Waals surface area contributed by atoms with Crippen LogP contribution in [0.1, 0.15) is 27.7 Å². The lowest BCUT2D eigenvalue weighted by Crippen LogP contribution is -2.11. The minimum absolute atomic E-state index is 0.0601. The van der Waals surface area contributed by atoms with E-state index in [9.17, 15) is 0 Å². The number of hydrogen-bond acceptors (Lipinski definition) is 1. The summed E-state index contributed by atoms with van der Waals surface area (Å²) >= 11 is 0. The number of furan rings is 1. The van der Waals surface area contributed by atoms with E-state index < -0.39 is 0 Å². The van der Waals surface area contributed by atoms with Gasteiger partial charge in [-0.3, -0.25) is 0 Å². The Labute approximate surface area is 241 Å². The van der Waals surface area contributed by atoms with E-state index in [-0.39, 0.29) is 5.41 Å². The molecule has 0 unspecified atom stereocenters. The Hall–Kier alpha value is -4.88. The van der Waals surface area contributed by atoms with Gasteiger partial charge < -0.3 is 4.42 Å². The monoisotopic (exact) mass is 527 g/mol. The Morgan fingerprint density at radius 3 is 1.88 bits per heavy atom. The first-order valence-electron chi connectivity index (χ1n) is 14.8. The maximum atomic E-state index is 8.05. The van der Waals surface area contributed by atoms with Crippen molar-refractivity contribution in [2.45, 2.75) is 26.2 Å². The predicted octanol–water partition coefficient (Wildman–Crippen LogP) is 11.7. The molecule has 0 spiro atoms. The lowest BCUT2D eigenvalue weighted by Gasteiger charge is -2.22. The van der Waals surface area contributed by atoms with Crippen LogP contribution in [0.15, 0.2) is 132 Å². The van der Waals surface area contributed by atoms with Gasteiger partial charge in [0.2, 0.25) is 0 Å². The average Bonchev–Trinajstić information content (AvgIpc) is 3.38. The van der Waals surface area contributed by atoms with Crippen molar-refractivity contribution in [2.24, 2.45) is 0 Å². The van der Waals surface area contributed by atoms with Gasteiger partial charge in [-0.05, 0) is 72.1 Å². The van der Waals surface area contributed by atoms with Gasteiger partial charge in [0.15, 0.2) is 0 Å². The fourth-order valence-corrected chi connectivity index (χ4v) is 6.64. The van der Waals surface area contributed by atoms with Crippen LogP contribution in [0.2, 0.25) is 0 Å². The van der Waals surface area contributed by atoms with Gasteiger partial charge >= 0.3 is 0 Å². The minimum atomic E-state index is -0.0601. The number of benzene rings is 7. The molecule has 196 valence electrons. The SMILES string of the molecule is [2H]c1ccc2cc(-c3c4ccccc4c(-c4ccc(C(C)(C)C)c5oc6ccccc6c45)c4ccccc34)ccc2c1. The topological polar surface area (TPSA) is 13.1 Å². The van der Waals surface area contributed by atoms with Gasteiger partial charge in [0, 0.05) is 16.3 Å². The number of hydrogen-bond donors (Lipinski definition) is 0. The molecule has 8 aromatic rings. The molecule has 41 heavy (non-hydrogen) atoms. The molecule has 0 saturated carbocycles. The molecular formula is C40H30O. The van der Waals surface area contributed by atoms with E-state index in [0.717, 1.165) is 27.3 Å². The summed E-state index contributed by atoms with van der Waals surface area (Å²) in [6, 6.07) is 43.6. The second-order valence-electron chi connectivity index (χ2n) is 12.0. The van der Waals surface area contributed by atoms with Crippen molar-refractivity contribution >= 4 is 54.3 Å². The summed E-state index contributed by atoms with van der Waals surface area (Å²) in [5.41, 5.74) is 7.90. The van der Waals surface area contributed by atoms with Gasteiger partial charge in [-0.15, -0.1) is 0 Å². The van der Waals surface area contributed by atoms with Crippen LogP contribution >= 0.6 is 0 Å². The molecule has 1 nitrogen and oxygen atoms in total. The smallest absolute Gasteiger partial charge is 0.139 e. The molecule has 1 aromatic heterocycles. The summed E-state index contributed by atoms with van der Waals surface area (Å²) in [5.74, 6) is 0. The summed E-state index contributed by atoms with van der Waals surface area (Å²) in [7, 11) is 0. The molecule has 7 aromatic carbocycles. The largest absolute Gasteiger partial charge is 0.456 e. The summed E-state index contributed by atoms with van der Waals surface area (Å²) in [6.07, 6.45) is 0. The van der Waals surface area contributed by atoms with Gasteiger partial charge in [0.05, 0.1) is 1.37 Å². The third-order valence-electron chi connectivity index (χ3n) is 8.51. The lowest BCUT2D eigenvalue weighted by molar-refractivity contribution is 0.573. The molecule has 0 radical (unpaired) electrons. The third kappa shape index (κ3) is 3.62. The van der Waals surface area contributed by atoms with Crippen molar-refractivity contribution in [1.29, 1.82) is 0 Å². The maximum Gasteiger partial charge on any atom is 0.139 e. The fraction of sp³-hybridized carbons (Fsp3) is 0.100. The van der Waals surface area contributed by atoms with Gasteiger partial charge in [-0.25, -0.2) is 0 Å². The van der Waals surface area contributed by atoms with E-state index in [1.54, 1.807) is 0 Å². The second-order valence-corrected chi connectivity index (χ2v) is 12.0. The van der Waals surface area contributed by atoms with Gasteiger partial charge in [0.25, 0.3) is 0 Å². The minimum Gasteiger partial charge on any atom is -0.456 e. The van der Waals surface area contributed by atoms with Crippen molar-refractivity contribution in [2.75, 3.05) is 0 Å². The normalized spacial score (nSPS) is 12.6. The maximum absolute atomic E-state index is 8.05. The Morgan fingerprint density at radius 1 is 0.561 bits per heavy atom. The zero-order valence-electron chi connectivity index (χ0n) is 24.5. The van der Waals surface area contributed by atoms with Crippen LogP contribution in [0.4, 0.5) is 0 Å². The highest BCUT2D eigenvalue weighted by Gasteiger charge is 2.25. The Bertz CT molecular complexity index is 2290. The predicted molar refractivity (Wildman–Crippen MR) is 176 cm³/mol. The molecule has 0 bridgehead atoms. The molecule has 0 aliphatic carbocycles. The number of para-hydroxylation sites is 1. The van der Waals surface area contributed by atoms with Crippen LogP contribution in [0.25, 0.3) is 76.5 Å². The summed E-state index contributed by atoms with van der Waals surface area (Å²) < 4.78 is 14.7. The van der Waals surface area contributed by atoms with E-state index in [4.69, 9.17) is 5.79 Å². The Kier molecular flexibility index (Phi) is 4.92. The molecule has 0 saturated heterocycles. The molecule has 1 heteroatoms. The van der Waals surface area contributed by atoms with E-state index >= 15 is 0 Å². The van der Waals surface area contributed by atoms with E-state index in [1.165, 1.54) is 54.7 Å². The highest BCUT2D eigenvalue weighted by Crippen LogP contribution is 2.48. The van der Waals surface area contributed by atoms with Crippen molar-refractivity contribution in [3.05, 3.63) is 133 Å². The van der Waals surface area contributed by atoms with Crippen molar-refractivity contribution in [3.8, 4) is 22.3 Å². The Morgan fingerprint density at radius 2 is 1.20 bits per heavy atom. The highest BCUT2D eigenvalue weighted by atomic mass is 16.3. The third-order valence-corrected chi connectivity index (χ3v) is 8.51. The van der Waals surface area contributed by atoms with Crippen LogP contribution in [-0.4, -0.2) is 0 Å². The van der Waals surface area contributed by atoms with Crippen molar-refractivity contribution in [3.63, 3.8) is 0 Å². The summed E-state index contributed by atoms with van der Waals surface area (Å²) in [4.78, 5) is 0. The van der Waals surface area contributed by atoms with Gasteiger partial charge in [0.1, 0.15) is 11.2 Å². The van der Waals surface area contributed by atoms with Gasteiger partial charge in [-0.1, -0.05) is 136 Å². The van der Waals surface area contributed by atoms with Crippen molar-refractivity contribution in [1.82, 2.24) is 0 Å². The highest BCUT2D eigenvalue weighted by molar-refractivity contribution is 6.26. The first-order valence-corrected chi connectivity index (χ1v) is 14.3. The zero-order chi connectivity index (χ0) is 28.6. The molecule has 0 atom stereocenters. The molecule has 8 rings (SSSR count). The summed E-state index contributed by atoms with van der Waals surface area (Å²) in [5, 5.41) is 9.46. The van der Waals surface area contributed by atoms with Crippen LogP contribution in [0.3, 0.4) is 0 Å². The molecule has 1 heterocycles. The molecule has 0 fully saturated rings. The van der Waals surface area contributed by atoms with Crippen LogP contribution in [0.5, 0.6) is 0 Å². The average molecular weight is 528 g/mol. The number of rotatable bonds is 2. The molecule has 0 aliphatic heterocycles. The van der Waals surface area contributed by atoms with Crippen LogP contribution in [0, 0.1) is 0 Å². The molecule has 0 amide bonds. The molecular weight excluding hydrogens is 496 g/mol. The van der Waals surface area contributed by atoms with Crippen LogP contribution < -0.4 is 0 Å². The molecule has 0 N–H and O–H groups in total. The first-order chi connectivity index (χ1) is 20.4. The van der Waals surface area contributed by atoms with Gasteiger partial charge in [-0.2, -0.15) is 0 Å². The zero-order valence-corrected chi connectivity index (χ0v) is 23.5. The standard InChI is InChI=1S/C40H30O/c1-40(2,3)34-23-22-33(38-32-18-10-11-19-35(32)41-39(34)38)37-30-16-8-6-14-28(30)36(29-15-7-9-17-31(29)37)27-21-20-25-12-4-5-13-26(25)24-27/h4-24H,1-3H3/i4D. The van der Waals surface area contributed by atoms with Crippen molar-refractivity contribution < 1.29 is 5.79 Å². The van der Waals surface area contributed by atoms with E-state index in [2.05, 4.69) is 130 Å². The molecule has 0 aliphatic rings. The Balaban J connectivity index is 1.53. The van der Waals surface area contributed by atoms with E-state index in [1.807, 2.05) is 12.1 Å². The first kappa shape index (κ1) is 22.9. The van der Waals surface area contributed by atoms with Crippen LogP contribution in [-0.2, 0) is 5.41 Å².